The van der Waals surface area contributed by atoms with Crippen molar-refractivity contribution in [1.29, 1.82) is 0 Å². The number of ether oxygens (including phenoxy) is 2. The molecule has 0 heterocycles. The van der Waals surface area contributed by atoms with Gasteiger partial charge < -0.3 is 9.47 Å². The number of rotatable bonds is 5. The molecular weight excluding hydrogens is 262 g/mol. The lowest BCUT2D eigenvalue weighted by atomic mass is 10.1. The van der Waals surface area contributed by atoms with E-state index in [1.807, 2.05) is 0 Å². The SMILES string of the molecule is CCOC(=O)c1cc(CCl)cc(OC)c1[N+](=O)[O-]. The summed E-state index contributed by atoms with van der Waals surface area (Å²) in [7, 11) is 1.29. The summed E-state index contributed by atoms with van der Waals surface area (Å²) in [4.78, 5) is 22.0. The van der Waals surface area contributed by atoms with Crippen LogP contribution in [-0.2, 0) is 10.6 Å². The molecule has 7 heteroatoms. The fourth-order valence-corrected chi connectivity index (χ4v) is 1.60. The fourth-order valence-electron chi connectivity index (χ4n) is 1.45. The van der Waals surface area contributed by atoms with Crippen molar-refractivity contribution in [3.63, 3.8) is 0 Å². The van der Waals surface area contributed by atoms with Gasteiger partial charge in [-0.25, -0.2) is 4.79 Å². The Morgan fingerprint density at radius 1 is 1.50 bits per heavy atom. The number of methoxy groups -OCH3 is 1. The Labute approximate surface area is 109 Å². The smallest absolute Gasteiger partial charge is 0.345 e. The molecule has 18 heavy (non-hydrogen) atoms. The largest absolute Gasteiger partial charge is 0.490 e. The number of esters is 1. The molecule has 0 aliphatic carbocycles. The standard InChI is InChI=1S/C11H12ClNO5/c1-3-18-11(14)8-4-7(6-12)5-9(17-2)10(8)13(15)16/h4-5H,3,6H2,1-2H3. The number of benzene rings is 1. The number of carbonyl (C=O) groups excluding carboxylic acids is 1. The third-order valence-electron chi connectivity index (χ3n) is 2.19. The second-order valence-corrected chi connectivity index (χ2v) is 3.57. The first-order chi connectivity index (χ1) is 8.54. The Hall–Kier alpha value is -1.82. The Kier molecular flexibility index (Phi) is 4.91. The molecule has 0 aliphatic heterocycles. The molecule has 98 valence electrons. The number of hydrogen-bond acceptors (Lipinski definition) is 5. The van der Waals surface area contributed by atoms with E-state index in [9.17, 15) is 14.9 Å². The lowest BCUT2D eigenvalue weighted by molar-refractivity contribution is -0.386. The molecule has 0 bridgehead atoms. The fraction of sp³-hybridized carbons (Fsp3) is 0.364. The van der Waals surface area contributed by atoms with Gasteiger partial charge in [0.15, 0.2) is 5.75 Å². The number of halogens is 1. The van der Waals surface area contributed by atoms with Gasteiger partial charge in [0.05, 0.1) is 18.6 Å². The number of nitro groups is 1. The van der Waals surface area contributed by atoms with Crippen molar-refractivity contribution >= 4 is 23.3 Å². The summed E-state index contributed by atoms with van der Waals surface area (Å²) in [5.41, 5.74) is -0.0242. The van der Waals surface area contributed by atoms with Crippen LogP contribution in [0.3, 0.4) is 0 Å². The molecule has 0 aromatic heterocycles. The van der Waals surface area contributed by atoms with Gasteiger partial charge in [0.25, 0.3) is 0 Å². The van der Waals surface area contributed by atoms with Crippen LogP contribution in [-0.4, -0.2) is 24.6 Å². The minimum atomic E-state index is -0.769. The van der Waals surface area contributed by atoms with Crippen LogP contribution in [0.2, 0.25) is 0 Å². The van der Waals surface area contributed by atoms with E-state index in [1.165, 1.54) is 19.2 Å². The van der Waals surface area contributed by atoms with Crippen LogP contribution in [0.5, 0.6) is 5.75 Å². The highest BCUT2D eigenvalue weighted by Gasteiger charge is 2.27. The van der Waals surface area contributed by atoms with Crippen molar-refractivity contribution < 1.29 is 19.2 Å². The first-order valence-corrected chi connectivity index (χ1v) is 5.67. The number of alkyl halides is 1. The Bertz CT molecular complexity index is 475. The molecule has 0 unspecified atom stereocenters. The second-order valence-electron chi connectivity index (χ2n) is 3.31. The van der Waals surface area contributed by atoms with Crippen molar-refractivity contribution in [3.05, 3.63) is 33.4 Å². The minimum absolute atomic E-state index is 0.0128. The van der Waals surface area contributed by atoms with Crippen molar-refractivity contribution in [2.75, 3.05) is 13.7 Å². The van der Waals surface area contributed by atoms with Gasteiger partial charge in [-0.3, -0.25) is 10.1 Å². The predicted molar refractivity (Wildman–Crippen MR) is 65.2 cm³/mol. The molecule has 1 aromatic carbocycles. The Morgan fingerprint density at radius 3 is 2.61 bits per heavy atom. The summed E-state index contributed by atoms with van der Waals surface area (Å²) < 4.78 is 9.69. The lowest BCUT2D eigenvalue weighted by Crippen LogP contribution is -2.10. The molecule has 0 amide bonds. The van der Waals surface area contributed by atoms with Crippen molar-refractivity contribution in [1.82, 2.24) is 0 Å². The van der Waals surface area contributed by atoms with Crippen LogP contribution in [0.15, 0.2) is 12.1 Å². The monoisotopic (exact) mass is 273 g/mol. The van der Waals surface area contributed by atoms with Gasteiger partial charge >= 0.3 is 11.7 Å². The van der Waals surface area contributed by atoms with Crippen LogP contribution in [0.25, 0.3) is 0 Å². The molecule has 0 saturated heterocycles. The molecule has 0 fully saturated rings. The van der Waals surface area contributed by atoms with E-state index in [0.717, 1.165) is 0 Å². The topological polar surface area (TPSA) is 78.7 Å². The van der Waals surface area contributed by atoms with Crippen LogP contribution < -0.4 is 4.74 Å². The average molecular weight is 274 g/mol. The first kappa shape index (κ1) is 14.2. The molecule has 0 N–H and O–H groups in total. The summed E-state index contributed by atoms with van der Waals surface area (Å²) in [5, 5.41) is 11.0. The Morgan fingerprint density at radius 2 is 2.17 bits per heavy atom. The first-order valence-electron chi connectivity index (χ1n) is 5.13. The van der Waals surface area contributed by atoms with E-state index in [4.69, 9.17) is 21.1 Å². The molecule has 0 aliphatic rings. The van der Waals surface area contributed by atoms with Gasteiger partial charge in [-0.15, -0.1) is 11.6 Å². The summed E-state index contributed by atoms with van der Waals surface area (Å²) >= 11 is 5.66. The third kappa shape index (κ3) is 2.89. The number of carbonyl (C=O) groups is 1. The highest BCUT2D eigenvalue weighted by atomic mass is 35.5. The predicted octanol–water partition coefficient (Wildman–Crippen LogP) is 2.52. The number of hydrogen-bond donors (Lipinski definition) is 0. The molecule has 6 nitrogen and oxygen atoms in total. The average Bonchev–Trinajstić information content (AvgIpc) is 2.36. The van der Waals surface area contributed by atoms with Gasteiger partial charge in [-0.2, -0.15) is 0 Å². The zero-order valence-corrected chi connectivity index (χ0v) is 10.7. The van der Waals surface area contributed by atoms with Gasteiger partial charge in [0.1, 0.15) is 5.56 Å². The quantitative estimate of drug-likeness (QED) is 0.356. The lowest BCUT2D eigenvalue weighted by Gasteiger charge is -2.08. The maximum atomic E-state index is 11.7. The second kappa shape index (κ2) is 6.20. The summed E-state index contributed by atoms with van der Waals surface area (Å²) in [6.45, 7) is 1.75. The van der Waals surface area contributed by atoms with E-state index in [1.54, 1.807) is 6.92 Å². The summed E-state index contributed by atoms with van der Waals surface area (Å²) in [5.74, 6) is -0.670. The molecule has 0 atom stereocenters. The summed E-state index contributed by atoms with van der Waals surface area (Å²) in [6.07, 6.45) is 0. The third-order valence-corrected chi connectivity index (χ3v) is 2.50. The highest BCUT2D eigenvalue weighted by Crippen LogP contribution is 2.33. The number of nitro benzene ring substituents is 1. The van der Waals surface area contributed by atoms with Gasteiger partial charge in [-0.05, 0) is 24.6 Å². The maximum absolute atomic E-state index is 11.7. The van der Waals surface area contributed by atoms with Gasteiger partial charge in [-0.1, -0.05) is 0 Å². The van der Waals surface area contributed by atoms with E-state index < -0.39 is 16.6 Å². The minimum Gasteiger partial charge on any atom is -0.490 e. The Balaban J connectivity index is 3.43. The molecule has 1 aromatic rings. The van der Waals surface area contributed by atoms with Crippen molar-refractivity contribution in [2.45, 2.75) is 12.8 Å². The zero-order valence-electron chi connectivity index (χ0n) is 9.94. The molecular formula is C11H12ClNO5. The zero-order chi connectivity index (χ0) is 13.7. The van der Waals surface area contributed by atoms with Crippen LogP contribution in [0.4, 0.5) is 5.69 Å². The van der Waals surface area contributed by atoms with Gasteiger partial charge in [0, 0.05) is 5.88 Å². The van der Waals surface area contributed by atoms with E-state index >= 15 is 0 Å². The van der Waals surface area contributed by atoms with Crippen LogP contribution in [0.1, 0.15) is 22.8 Å². The van der Waals surface area contributed by atoms with E-state index in [2.05, 4.69) is 0 Å². The van der Waals surface area contributed by atoms with E-state index in [-0.39, 0.29) is 23.8 Å². The molecule has 0 radical (unpaired) electrons. The maximum Gasteiger partial charge on any atom is 0.345 e. The highest BCUT2D eigenvalue weighted by molar-refractivity contribution is 6.17. The van der Waals surface area contributed by atoms with Crippen LogP contribution in [0, 0.1) is 10.1 Å². The van der Waals surface area contributed by atoms with Crippen molar-refractivity contribution in [3.8, 4) is 5.75 Å². The summed E-state index contributed by atoms with van der Waals surface area (Å²) in [6, 6.07) is 2.76. The van der Waals surface area contributed by atoms with Gasteiger partial charge in [0.2, 0.25) is 0 Å². The van der Waals surface area contributed by atoms with Crippen molar-refractivity contribution in [2.24, 2.45) is 0 Å². The molecule has 0 saturated carbocycles. The van der Waals surface area contributed by atoms with E-state index in [0.29, 0.717) is 5.56 Å². The van der Waals surface area contributed by atoms with Crippen LogP contribution >= 0.6 is 11.6 Å². The number of nitrogens with zero attached hydrogens (tertiary/aromatic N) is 1. The molecule has 1 rings (SSSR count). The normalized spacial score (nSPS) is 9.94. The molecule has 0 spiro atoms.